The predicted octanol–water partition coefficient (Wildman–Crippen LogP) is 5.86. The van der Waals surface area contributed by atoms with Gasteiger partial charge in [-0.2, -0.15) is 0 Å². The van der Waals surface area contributed by atoms with E-state index in [1.54, 1.807) is 18.2 Å². The lowest BCUT2D eigenvalue weighted by atomic mass is 9.94. The largest absolute Gasteiger partial charge is 0.506 e. The highest BCUT2D eigenvalue weighted by atomic mass is 35.5. The molecule has 0 aliphatic carbocycles. The van der Waals surface area contributed by atoms with Gasteiger partial charge in [0.15, 0.2) is 0 Å². The van der Waals surface area contributed by atoms with Crippen LogP contribution in [0.3, 0.4) is 0 Å². The third-order valence-corrected chi connectivity index (χ3v) is 5.64. The Morgan fingerprint density at radius 3 is 2.33 bits per heavy atom. The molecule has 4 aromatic rings. The number of hydrogen-bond donors (Lipinski definition) is 2. The van der Waals surface area contributed by atoms with Crippen molar-refractivity contribution in [3.63, 3.8) is 0 Å². The van der Waals surface area contributed by atoms with Crippen LogP contribution in [0.2, 0.25) is 10.0 Å². The molecular formula is C24H20Cl2N2O2. The topological polar surface area (TPSA) is 56.3 Å². The van der Waals surface area contributed by atoms with Crippen molar-refractivity contribution in [1.82, 2.24) is 9.88 Å². The van der Waals surface area contributed by atoms with Crippen LogP contribution < -0.4 is 5.56 Å². The van der Waals surface area contributed by atoms with Gasteiger partial charge in [-0.15, -0.1) is 0 Å². The lowest BCUT2D eigenvalue weighted by molar-refractivity contribution is 0.342. The van der Waals surface area contributed by atoms with Crippen LogP contribution in [-0.4, -0.2) is 29.1 Å². The molecule has 0 saturated heterocycles. The smallest absolute Gasteiger partial charge is 0.260 e. The van der Waals surface area contributed by atoms with Crippen LogP contribution in [0.25, 0.3) is 22.0 Å². The molecule has 2 N–H and O–H groups in total. The van der Waals surface area contributed by atoms with E-state index in [0.29, 0.717) is 21.5 Å². The highest BCUT2D eigenvalue weighted by Gasteiger charge is 2.20. The zero-order valence-corrected chi connectivity index (χ0v) is 18.0. The fourth-order valence-electron chi connectivity index (χ4n) is 3.89. The normalized spacial score (nSPS) is 12.4. The molecule has 6 heteroatoms. The maximum atomic E-state index is 12.8. The average Bonchev–Trinajstić information content (AvgIpc) is 2.68. The van der Waals surface area contributed by atoms with Gasteiger partial charge in [0.25, 0.3) is 5.56 Å². The quantitative estimate of drug-likeness (QED) is 0.419. The number of nitrogens with zero attached hydrogens (tertiary/aromatic N) is 1. The molecule has 0 bridgehead atoms. The van der Waals surface area contributed by atoms with Crippen molar-refractivity contribution in [1.29, 1.82) is 0 Å². The standard InChI is InChI=1S/C24H20Cl2N2O2/c1-28(2)22(14-7-4-3-5-8-14)16-10-6-9-15(11-16)20-23(29)21-18(26)12-17(25)13-19(21)27-24(20)30/h3-13,22H,1-2H3,(H2,27,29,30). The van der Waals surface area contributed by atoms with E-state index in [0.717, 1.165) is 11.1 Å². The molecule has 0 fully saturated rings. The average molecular weight is 439 g/mol. The molecule has 30 heavy (non-hydrogen) atoms. The second-order valence-electron chi connectivity index (χ2n) is 7.39. The first kappa shape index (κ1) is 20.5. The maximum Gasteiger partial charge on any atom is 0.260 e. The van der Waals surface area contributed by atoms with Gasteiger partial charge in [0.2, 0.25) is 0 Å². The Morgan fingerprint density at radius 2 is 1.63 bits per heavy atom. The van der Waals surface area contributed by atoms with Gasteiger partial charge in [-0.05, 0) is 49.0 Å². The van der Waals surface area contributed by atoms with Crippen molar-refractivity contribution < 1.29 is 5.11 Å². The number of rotatable bonds is 4. The number of nitrogens with one attached hydrogen (secondary N) is 1. The molecule has 1 aromatic heterocycles. The molecule has 1 unspecified atom stereocenters. The van der Waals surface area contributed by atoms with Crippen LogP contribution in [0.4, 0.5) is 0 Å². The summed E-state index contributed by atoms with van der Waals surface area (Å²) in [6.07, 6.45) is 0. The zero-order valence-electron chi connectivity index (χ0n) is 16.5. The minimum absolute atomic E-state index is 0.00442. The van der Waals surface area contributed by atoms with Crippen LogP contribution in [0.5, 0.6) is 5.75 Å². The van der Waals surface area contributed by atoms with E-state index in [-0.39, 0.29) is 22.4 Å². The number of benzene rings is 3. The van der Waals surface area contributed by atoms with Crippen LogP contribution in [0.1, 0.15) is 17.2 Å². The second kappa shape index (κ2) is 8.15. The van der Waals surface area contributed by atoms with E-state index in [1.807, 2.05) is 50.5 Å². The number of aromatic amines is 1. The summed E-state index contributed by atoms with van der Waals surface area (Å²) < 4.78 is 0. The van der Waals surface area contributed by atoms with E-state index >= 15 is 0 Å². The van der Waals surface area contributed by atoms with Gasteiger partial charge in [-0.1, -0.05) is 71.7 Å². The predicted molar refractivity (Wildman–Crippen MR) is 124 cm³/mol. The summed E-state index contributed by atoms with van der Waals surface area (Å²) in [4.78, 5) is 17.7. The fraction of sp³-hybridized carbons (Fsp3) is 0.125. The summed E-state index contributed by atoms with van der Waals surface area (Å²) in [7, 11) is 4.02. The van der Waals surface area contributed by atoms with E-state index in [2.05, 4.69) is 22.0 Å². The first-order chi connectivity index (χ1) is 14.4. The van der Waals surface area contributed by atoms with Gasteiger partial charge >= 0.3 is 0 Å². The molecule has 0 radical (unpaired) electrons. The molecule has 0 spiro atoms. The Kier molecular flexibility index (Phi) is 5.56. The molecular weight excluding hydrogens is 419 g/mol. The summed E-state index contributed by atoms with van der Waals surface area (Å²) in [6, 6.07) is 20.9. The Morgan fingerprint density at radius 1 is 0.933 bits per heavy atom. The lowest BCUT2D eigenvalue weighted by Gasteiger charge is -2.26. The van der Waals surface area contributed by atoms with E-state index < -0.39 is 5.56 Å². The number of aromatic hydroxyl groups is 1. The first-order valence-corrected chi connectivity index (χ1v) is 10.2. The molecule has 4 rings (SSSR count). The second-order valence-corrected chi connectivity index (χ2v) is 8.23. The number of aromatic nitrogens is 1. The number of fused-ring (bicyclic) bond motifs is 1. The van der Waals surface area contributed by atoms with E-state index in [4.69, 9.17) is 23.2 Å². The minimum Gasteiger partial charge on any atom is -0.506 e. The molecule has 3 aromatic carbocycles. The van der Waals surface area contributed by atoms with Crippen molar-refractivity contribution >= 4 is 34.1 Å². The van der Waals surface area contributed by atoms with Crippen LogP contribution >= 0.6 is 23.2 Å². The molecule has 0 aliphatic rings. The SMILES string of the molecule is CN(C)C(c1ccccc1)c1cccc(-c2c(O)c3c(Cl)cc(Cl)cc3[nH]c2=O)c1. The van der Waals surface area contributed by atoms with Crippen molar-refractivity contribution in [2.24, 2.45) is 0 Å². The van der Waals surface area contributed by atoms with E-state index in [9.17, 15) is 9.90 Å². The maximum absolute atomic E-state index is 12.8. The third-order valence-electron chi connectivity index (χ3n) is 5.13. The van der Waals surface area contributed by atoms with Gasteiger partial charge in [0.05, 0.1) is 27.5 Å². The van der Waals surface area contributed by atoms with Gasteiger partial charge < -0.3 is 10.1 Å². The lowest BCUT2D eigenvalue weighted by Crippen LogP contribution is -2.21. The summed E-state index contributed by atoms with van der Waals surface area (Å²) in [5.41, 5.74) is 2.92. The summed E-state index contributed by atoms with van der Waals surface area (Å²) in [5, 5.41) is 12.0. The van der Waals surface area contributed by atoms with Crippen LogP contribution in [0.15, 0.2) is 71.5 Å². The number of halogens is 2. The minimum atomic E-state index is -0.406. The molecule has 1 heterocycles. The van der Waals surface area contributed by atoms with Gasteiger partial charge in [-0.25, -0.2) is 0 Å². The van der Waals surface area contributed by atoms with Crippen molar-refractivity contribution in [3.05, 3.63) is 98.3 Å². The number of hydrogen-bond acceptors (Lipinski definition) is 3. The van der Waals surface area contributed by atoms with Crippen molar-refractivity contribution in [3.8, 4) is 16.9 Å². The number of H-pyrrole nitrogens is 1. The molecule has 1 atom stereocenters. The summed E-state index contributed by atoms with van der Waals surface area (Å²) in [5.74, 6) is -0.159. The first-order valence-electron chi connectivity index (χ1n) is 9.42. The fourth-order valence-corrected chi connectivity index (χ4v) is 4.47. The highest BCUT2D eigenvalue weighted by Crippen LogP contribution is 2.38. The van der Waals surface area contributed by atoms with E-state index in [1.165, 1.54) is 0 Å². The molecule has 0 amide bonds. The summed E-state index contributed by atoms with van der Waals surface area (Å²) >= 11 is 12.3. The molecule has 152 valence electrons. The molecule has 4 nitrogen and oxygen atoms in total. The van der Waals surface area contributed by atoms with Crippen LogP contribution in [-0.2, 0) is 0 Å². The highest BCUT2D eigenvalue weighted by molar-refractivity contribution is 6.39. The Bertz CT molecular complexity index is 1280. The third kappa shape index (κ3) is 3.70. The molecule has 0 aliphatic heterocycles. The Balaban J connectivity index is 1.91. The Labute approximate surface area is 184 Å². The molecule has 0 saturated carbocycles. The zero-order chi connectivity index (χ0) is 21.4. The van der Waals surface area contributed by atoms with Gasteiger partial charge in [0, 0.05) is 5.02 Å². The summed E-state index contributed by atoms with van der Waals surface area (Å²) in [6.45, 7) is 0. The monoisotopic (exact) mass is 438 g/mol. The van der Waals surface area contributed by atoms with Gasteiger partial charge in [0.1, 0.15) is 5.75 Å². The van der Waals surface area contributed by atoms with Crippen molar-refractivity contribution in [2.45, 2.75) is 6.04 Å². The number of pyridine rings is 1. The Hall–Kier alpha value is -2.79. The van der Waals surface area contributed by atoms with Crippen LogP contribution in [0, 0.1) is 0 Å². The van der Waals surface area contributed by atoms with Crippen molar-refractivity contribution in [2.75, 3.05) is 14.1 Å². The van der Waals surface area contributed by atoms with Gasteiger partial charge in [-0.3, -0.25) is 9.69 Å².